The van der Waals surface area contributed by atoms with Crippen molar-refractivity contribution < 1.29 is 9.47 Å². The van der Waals surface area contributed by atoms with Crippen molar-refractivity contribution in [2.24, 2.45) is 0 Å². The Labute approximate surface area is 119 Å². The Balaban J connectivity index is 1.76. The summed E-state index contributed by atoms with van der Waals surface area (Å²) < 4.78 is 11.2. The number of allylic oxidation sites excluding steroid dienone is 1. The molecule has 104 valence electrons. The SMILES string of the molecule is C1=C2CCN3CCc4cc5c(cc4[C@]23CCC1)OCO5. The van der Waals surface area contributed by atoms with Crippen LogP contribution in [0.15, 0.2) is 23.8 Å². The van der Waals surface area contributed by atoms with Crippen molar-refractivity contribution in [2.45, 2.75) is 37.6 Å². The summed E-state index contributed by atoms with van der Waals surface area (Å²) in [7, 11) is 0. The quantitative estimate of drug-likeness (QED) is 0.676. The van der Waals surface area contributed by atoms with E-state index in [-0.39, 0.29) is 5.54 Å². The second-order valence-electron chi connectivity index (χ2n) is 6.33. The zero-order valence-corrected chi connectivity index (χ0v) is 11.7. The van der Waals surface area contributed by atoms with Gasteiger partial charge < -0.3 is 9.47 Å². The number of hydrogen-bond donors (Lipinski definition) is 0. The predicted octanol–water partition coefficient (Wildman–Crippen LogP) is 2.98. The molecule has 1 saturated heterocycles. The average molecular weight is 269 g/mol. The molecule has 20 heavy (non-hydrogen) atoms. The maximum absolute atomic E-state index is 5.63. The lowest BCUT2D eigenvalue weighted by Gasteiger charge is -2.46. The highest BCUT2D eigenvalue weighted by Gasteiger charge is 2.50. The molecule has 5 rings (SSSR count). The highest BCUT2D eigenvalue weighted by Crippen LogP contribution is 2.54. The molecule has 1 aromatic carbocycles. The van der Waals surface area contributed by atoms with E-state index in [0.717, 1.165) is 17.9 Å². The summed E-state index contributed by atoms with van der Waals surface area (Å²) in [6, 6.07) is 4.50. The minimum absolute atomic E-state index is 0.187. The molecule has 3 aliphatic heterocycles. The van der Waals surface area contributed by atoms with Crippen molar-refractivity contribution in [3.63, 3.8) is 0 Å². The molecule has 1 spiro atoms. The first-order valence-corrected chi connectivity index (χ1v) is 7.75. The highest BCUT2D eigenvalue weighted by molar-refractivity contribution is 5.55. The minimum Gasteiger partial charge on any atom is -0.454 e. The molecular weight excluding hydrogens is 250 g/mol. The van der Waals surface area contributed by atoms with Crippen molar-refractivity contribution in [3.05, 3.63) is 34.9 Å². The molecule has 0 radical (unpaired) electrons. The lowest BCUT2D eigenvalue weighted by Crippen LogP contribution is -2.47. The lowest BCUT2D eigenvalue weighted by molar-refractivity contribution is 0.132. The molecule has 0 amide bonds. The van der Waals surface area contributed by atoms with Gasteiger partial charge in [0, 0.05) is 13.1 Å². The smallest absolute Gasteiger partial charge is 0.231 e. The van der Waals surface area contributed by atoms with Crippen molar-refractivity contribution >= 4 is 0 Å². The third-order valence-electron chi connectivity index (χ3n) is 5.55. The van der Waals surface area contributed by atoms with Gasteiger partial charge in [-0.25, -0.2) is 0 Å². The second kappa shape index (κ2) is 3.79. The minimum atomic E-state index is 0.187. The van der Waals surface area contributed by atoms with E-state index >= 15 is 0 Å². The van der Waals surface area contributed by atoms with Gasteiger partial charge in [-0.3, -0.25) is 4.90 Å². The number of hydrogen-bond acceptors (Lipinski definition) is 3. The molecule has 3 nitrogen and oxygen atoms in total. The van der Waals surface area contributed by atoms with E-state index in [4.69, 9.17) is 9.47 Å². The standard InChI is InChI=1S/C17H19NO2/c1-2-6-17-13(3-1)5-8-18(17)7-4-12-9-15-16(10-14(12)17)20-11-19-15/h3,9-10H,1-2,4-8,11H2/t17-/m0/s1. The molecule has 0 bridgehead atoms. The van der Waals surface area contributed by atoms with Crippen LogP contribution < -0.4 is 9.47 Å². The van der Waals surface area contributed by atoms with Crippen LogP contribution in [-0.2, 0) is 12.0 Å². The maximum Gasteiger partial charge on any atom is 0.231 e. The van der Waals surface area contributed by atoms with Crippen LogP contribution in [0.5, 0.6) is 11.5 Å². The van der Waals surface area contributed by atoms with Crippen LogP contribution in [0.2, 0.25) is 0 Å². The highest BCUT2D eigenvalue weighted by atomic mass is 16.7. The Kier molecular flexibility index (Phi) is 2.12. The van der Waals surface area contributed by atoms with Crippen LogP contribution >= 0.6 is 0 Å². The predicted molar refractivity (Wildman–Crippen MR) is 76.1 cm³/mol. The summed E-state index contributed by atoms with van der Waals surface area (Å²) in [5.74, 6) is 1.88. The Bertz CT molecular complexity index is 622. The van der Waals surface area contributed by atoms with Crippen LogP contribution in [0, 0.1) is 0 Å². The molecule has 1 aliphatic carbocycles. The van der Waals surface area contributed by atoms with Crippen LogP contribution in [-0.4, -0.2) is 24.8 Å². The van der Waals surface area contributed by atoms with E-state index in [0.29, 0.717) is 6.79 Å². The van der Waals surface area contributed by atoms with Gasteiger partial charge in [0.2, 0.25) is 6.79 Å². The van der Waals surface area contributed by atoms with Crippen molar-refractivity contribution in [1.29, 1.82) is 0 Å². The Morgan fingerprint density at radius 1 is 1.05 bits per heavy atom. The number of ether oxygens (including phenoxy) is 2. The van der Waals surface area contributed by atoms with Crippen LogP contribution in [0.4, 0.5) is 0 Å². The zero-order chi connectivity index (χ0) is 13.2. The summed E-state index contributed by atoms with van der Waals surface area (Å²) in [5.41, 5.74) is 4.81. The van der Waals surface area contributed by atoms with E-state index in [9.17, 15) is 0 Å². The monoisotopic (exact) mass is 269 g/mol. The first-order valence-electron chi connectivity index (χ1n) is 7.75. The van der Waals surface area contributed by atoms with Gasteiger partial charge in [-0.1, -0.05) is 6.08 Å². The van der Waals surface area contributed by atoms with Crippen molar-refractivity contribution in [1.82, 2.24) is 4.90 Å². The fourth-order valence-electron chi connectivity index (χ4n) is 4.69. The molecule has 3 heterocycles. The number of fused-ring (bicyclic) bond motifs is 2. The van der Waals surface area contributed by atoms with Gasteiger partial charge in [0.05, 0.1) is 5.54 Å². The molecule has 0 N–H and O–H groups in total. The Morgan fingerprint density at radius 3 is 2.85 bits per heavy atom. The molecule has 3 heteroatoms. The largest absolute Gasteiger partial charge is 0.454 e. The van der Waals surface area contributed by atoms with E-state index < -0.39 is 0 Å². The topological polar surface area (TPSA) is 21.7 Å². The summed E-state index contributed by atoms with van der Waals surface area (Å²) in [4.78, 5) is 2.71. The van der Waals surface area contributed by atoms with E-state index in [1.807, 2.05) is 0 Å². The summed E-state index contributed by atoms with van der Waals surface area (Å²) >= 11 is 0. The lowest BCUT2D eigenvalue weighted by atomic mass is 9.71. The molecular formula is C17H19NO2. The van der Waals surface area contributed by atoms with Crippen LogP contribution in [0.1, 0.15) is 36.8 Å². The van der Waals surface area contributed by atoms with Gasteiger partial charge in [0.1, 0.15) is 0 Å². The summed E-state index contributed by atoms with van der Waals surface area (Å²) in [5, 5.41) is 0. The third-order valence-corrected chi connectivity index (χ3v) is 5.55. The molecule has 4 aliphatic rings. The average Bonchev–Trinajstić information content (AvgIpc) is 3.09. The van der Waals surface area contributed by atoms with Gasteiger partial charge in [-0.05, 0) is 60.9 Å². The van der Waals surface area contributed by atoms with E-state index in [2.05, 4.69) is 23.1 Å². The first kappa shape index (κ1) is 11.2. The molecule has 1 atom stereocenters. The number of nitrogens with zero attached hydrogens (tertiary/aromatic N) is 1. The molecule has 1 aromatic rings. The second-order valence-corrected chi connectivity index (χ2v) is 6.33. The third kappa shape index (κ3) is 1.25. The zero-order valence-electron chi connectivity index (χ0n) is 11.7. The fraction of sp³-hybridized carbons (Fsp3) is 0.529. The summed E-state index contributed by atoms with van der Waals surface area (Å²) in [6.45, 7) is 2.78. The normalized spacial score (nSPS) is 30.5. The van der Waals surface area contributed by atoms with Crippen LogP contribution in [0.25, 0.3) is 0 Å². The van der Waals surface area contributed by atoms with Crippen molar-refractivity contribution in [3.8, 4) is 11.5 Å². The van der Waals surface area contributed by atoms with Gasteiger partial charge in [0.25, 0.3) is 0 Å². The van der Waals surface area contributed by atoms with Gasteiger partial charge in [0.15, 0.2) is 11.5 Å². The Morgan fingerprint density at radius 2 is 1.90 bits per heavy atom. The molecule has 0 unspecified atom stereocenters. The van der Waals surface area contributed by atoms with Crippen molar-refractivity contribution in [2.75, 3.05) is 19.9 Å². The van der Waals surface area contributed by atoms with Gasteiger partial charge in [-0.15, -0.1) is 0 Å². The summed E-state index contributed by atoms with van der Waals surface area (Å²) in [6.07, 6.45) is 8.71. The number of rotatable bonds is 0. The van der Waals surface area contributed by atoms with E-state index in [1.165, 1.54) is 49.9 Å². The Hall–Kier alpha value is -1.48. The fourth-order valence-corrected chi connectivity index (χ4v) is 4.69. The van der Waals surface area contributed by atoms with Gasteiger partial charge >= 0.3 is 0 Å². The van der Waals surface area contributed by atoms with E-state index in [1.54, 1.807) is 5.57 Å². The number of benzene rings is 1. The van der Waals surface area contributed by atoms with Crippen LogP contribution in [0.3, 0.4) is 0 Å². The molecule has 0 saturated carbocycles. The maximum atomic E-state index is 5.63. The molecule has 0 aromatic heterocycles. The molecule has 1 fully saturated rings. The van der Waals surface area contributed by atoms with Gasteiger partial charge in [-0.2, -0.15) is 0 Å². The first-order chi connectivity index (χ1) is 9.88.